The summed E-state index contributed by atoms with van der Waals surface area (Å²) in [5.74, 6) is 4.79. The van der Waals surface area contributed by atoms with Crippen LogP contribution in [0.15, 0.2) is 4.99 Å². The second kappa shape index (κ2) is 3.97. The minimum atomic E-state index is -0.0520. The number of rotatable bonds is 2. The molecule has 0 aliphatic heterocycles. The predicted molar refractivity (Wildman–Crippen MR) is 64.3 cm³/mol. The molecule has 0 heterocycles. The Bertz CT molecular complexity index is 293. The Labute approximate surface area is 97.5 Å². The van der Waals surface area contributed by atoms with Gasteiger partial charge in [0.15, 0.2) is 0 Å². The van der Waals surface area contributed by atoms with E-state index in [4.69, 9.17) is 0 Å². The fraction of sp³-hybridized carbons (Fsp3) is 0.857. The molecule has 1 amide bonds. The number of nitrogens with zero attached hydrogens (tertiary/aromatic N) is 1. The van der Waals surface area contributed by atoms with E-state index in [0.717, 1.165) is 36.0 Å². The maximum atomic E-state index is 10.8. The number of carbonyl (C=O) groups excluding carboxylic acids is 1. The first-order valence-corrected chi connectivity index (χ1v) is 6.75. The Morgan fingerprint density at radius 3 is 2.19 bits per heavy atom. The van der Waals surface area contributed by atoms with Crippen molar-refractivity contribution in [2.24, 2.45) is 34.6 Å². The topological polar surface area (TPSA) is 29.4 Å². The average Bonchev–Trinajstić information content (AvgIpc) is 2.20. The van der Waals surface area contributed by atoms with E-state index in [9.17, 15) is 4.79 Å². The lowest BCUT2D eigenvalue weighted by molar-refractivity contribution is -0.115. The minimum absolute atomic E-state index is 0.0520. The lowest BCUT2D eigenvalue weighted by Crippen LogP contribution is -2.45. The van der Waals surface area contributed by atoms with Gasteiger partial charge in [0.25, 0.3) is 0 Å². The molecule has 16 heavy (non-hydrogen) atoms. The van der Waals surface area contributed by atoms with Crippen molar-refractivity contribution in [2.75, 3.05) is 0 Å². The zero-order valence-electron chi connectivity index (χ0n) is 10.1. The van der Waals surface area contributed by atoms with Gasteiger partial charge in [0.2, 0.25) is 5.91 Å². The predicted octanol–water partition coefficient (Wildman–Crippen LogP) is 3.07. The summed E-state index contributed by atoms with van der Waals surface area (Å²) in [5.41, 5.74) is 0. The highest BCUT2D eigenvalue weighted by Crippen LogP contribution is 2.57. The van der Waals surface area contributed by atoms with Gasteiger partial charge in [0.05, 0.1) is 0 Å². The SMILES string of the molecule is CC(=O)N=CCC1C2CC3CC(C2)CC1C3. The molecule has 0 atom stereocenters. The highest BCUT2D eigenvalue weighted by Gasteiger charge is 2.47. The second-order valence-corrected chi connectivity index (χ2v) is 6.16. The van der Waals surface area contributed by atoms with Crippen LogP contribution in [-0.4, -0.2) is 12.1 Å². The van der Waals surface area contributed by atoms with E-state index in [1.54, 1.807) is 0 Å². The normalized spacial score (nSPS) is 45.4. The number of aliphatic imine (C=N–C) groups is 1. The van der Waals surface area contributed by atoms with Crippen molar-refractivity contribution in [1.82, 2.24) is 0 Å². The van der Waals surface area contributed by atoms with Gasteiger partial charge in [-0.05, 0) is 68.1 Å². The van der Waals surface area contributed by atoms with E-state index in [1.165, 1.54) is 39.0 Å². The monoisotopic (exact) mass is 219 g/mol. The third-order valence-electron chi connectivity index (χ3n) is 5.07. The zero-order valence-corrected chi connectivity index (χ0v) is 10.1. The Kier molecular flexibility index (Phi) is 2.61. The van der Waals surface area contributed by atoms with Crippen molar-refractivity contribution in [3.63, 3.8) is 0 Å². The van der Waals surface area contributed by atoms with Gasteiger partial charge in [-0.15, -0.1) is 0 Å². The first kappa shape index (κ1) is 10.5. The molecule has 4 saturated carbocycles. The lowest BCUT2D eigenvalue weighted by atomic mass is 9.51. The molecule has 0 aromatic rings. The van der Waals surface area contributed by atoms with Crippen LogP contribution in [0.2, 0.25) is 0 Å². The van der Waals surface area contributed by atoms with Crippen molar-refractivity contribution >= 4 is 12.1 Å². The third-order valence-corrected chi connectivity index (χ3v) is 5.07. The molecule has 4 fully saturated rings. The summed E-state index contributed by atoms with van der Waals surface area (Å²) in [6.07, 6.45) is 10.3. The second-order valence-electron chi connectivity index (χ2n) is 6.16. The molecule has 0 N–H and O–H groups in total. The van der Waals surface area contributed by atoms with Crippen LogP contribution >= 0.6 is 0 Å². The van der Waals surface area contributed by atoms with Gasteiger partial charge in [-0.1, -0.05) is 0 Å². The maximum Gasteiger partial charge on any atom is 0.242 e. The minimum Gasteiger partial charge on any atom is -0.273 e. The van der Waals surface area contributed by atoms with Crippen LogP contribution in [0.4, 0.5) is 0 Å². The molecule has 2 nitrogen and oxygen atoms in total. The quantitative estimate of drug-likeness (QED) is 0.656. The molecular weight excluding hydrogens is 198 g/mol. The summed E-state index contributed by atoms with van der Waals surface area (Å²) in [6, 6.07) is 0. The Balaban J connectivity index is 1.65. The van der Waals surface area contributed by atoms with E-state index < -0.39 is 0 Å². The lowest BCUT2D eigenvalue weighted by Gasteiger charge is -2.54. The van der Waals surface area contributed by atoms with Crippen molar-refractivity contribution in [3.05, 3.63) is 0 Å². The molecule has 0 radical (unpaired) electrons. The van der Waals surface area contributed by atoms with E-state index in [0.29, 0.717) is 0 Å². The van der Waals surface area contributed by atoms with Crippen LogP contribution in [-0.2, 0) is 4.79 Å². The fourth-order valence-corrected chi connectivity index (χ4v) is 4.73. The van der Waals surface area contributed by atoms with Gasteiger partial charge >= 0.3 is 0 Å². The fourth-order valence-electron chi connectivity index (χ4n) is 4.73. The van der Waals surface area contributed by atoms with Crippen molar-refractivity contribution < 1.29 is 4.79 Å². The maximum absolute atomic E-state index is 10.8. The van der Waals surface area contributed by atoms with Gasteiger partial charge in [0, 0.05) is 13.1 Å². The molecule has 4 aliphatic rings. The molecule has 4 bridgehead atoms. The molecule has 0 unspecified atom stereocenters. The Morgan fingerprint density at radius 1 is 1.12 bits per heavy atom. The zero-order chi connectivity index (χ0) is 11.1. The van der Waals surface area contributed by atoms with Crippen LogP contribution in [0.25, 0.3) is 0 Å². The summed E-state index contributed by atoms with van der Waals surface area (Å²) in [7, 11) is 0. The van der Waals surface area contributed by atoms with E-state index >= 15 is 0 Å². The average molecular weight is 219 g/mol. The Hall–Kier alpha value is -0.660. The van der Waals surface area contributed by atoms with Crippen LogP contribution in [0.1, 0.15) is 45.4 Å². The first-order valence-electron chi connectivity index (χ1n) is 6.75. The standard InChI is InChI=1S/C14H21NO/c1-9(16)15-3-2-14-12-5-10-4-11(7-12)8-13(14)6-10/h3,10-14H,2,4-8H2,1H3. The highest BCUT2D eigenvalue weighted by molar-refractivity contribution is 5.82. The van der Waals surface area contributed by atoms with Gasteiger partial charge in [-0.2, -0.15) is 0 Å². The number of hydrogen-bond acceptors (Lipinski definition) is 1. The molecule has 0 spiro atoms. The summed E-state index contributed by atoms with van der Waals surface area (Å²) < 4.78 is 0. The molecule has 0 saturated heterocycles. The van der Waals surface area contributed by atoms with Crippen LogP contribution < -0.4 is 0 Å². The van der Waals surface area contributed by atoms with Gasteiger partial charge in [0.1, 0.15) is 0 Å². The molecule has 4 rings (SSSR count). The van der Waals surface area contributed by atoms with E-state index in [-0.39, 0.29) is 5.91 Å². The van der Waals surface area contributed by atoms with Crippen molar-refractivity contribution in [3.8, 4) is 0 Å². The summed E-state index contributed by atoms with van der Waals surface area (Å²) >= 11 is 0. The van der Waals surface area contributed by atoms with Crippen LogP contribution in [0.3, 0.4) is 0 Å². The highest BCUT2D eigenvalue weighted by atomic mass is 16.1. The van der Waals surface area contributed by atoms with Gasteiger partial charge in [-0.25, -0.2) is 4.99 Å². The number of amides is 1. The molecule has 4 aliphatic carbocycles. The molecule has 2 heteroatoms. The smallest absolute Gasteiger partial charge is 0.242 e. The molecule has 0 aromatic carbocycles. The molecule has 88 valence electrons. The summed E-state index contributed by atoms with van der Waals surface area (Å²) in [6.45, 7) is 1.54. The van der Waals surface area contributed by atoms with Crippen LogP contribution in [0, 0.1) is 29.6 Å². The van der Waals surface area contributed by atoms with Gasteiger partial charge < -0.3 is 0 Å². The van der Waals surface area contributed by atoms with Crippen LogP contribution in [0.5, 0.6) is 0 Å². The summed E-state index contributed by atoms with van der Waals surface area (Å²) in [4.78, 5) is 14.7. The third kappa shape index (κ3) is 1.83. The number of hydrogen-bond donors (Lipinski definition) is 0. The largest absolute Gasteiger partial charge is 0.273 e. The van der Waals surface area contributed by atoms with E-state index in [1.807, 2.05) is 6.21 Å². The molecular formula is C14H21NO. The molecule has 0 aromatic heterocycles. The van der Waals surface area contributed by atoms with Crippen molar-refractivity contribution in [1.29, 1.82) is 0 Å². The number of carbonyl (C=O) groups is 1. The summed E-state index contributed by atoms with van der Waals surface area (Å²) in [5, 5.41) is 0. The van der Waals surface area contributed by atoms with Crippen molar-refractivity contribution in [2.45, 2.75) is 45.4 Å². The Morgan fingerprint density at radius 2 is 1.69 bits per heavy atom. The van der Waals surface area contributed by atoms with Gasteiger partial charge in [-0.3, -0.25) is 4.79 Å². The van der Waals surface area contributed by atoms with E-state index in [2.05, 4.69) is 4.99 Å². The first-order chi connectivity index (χ1) is 7.72.